The molecule has 8 heteroatoms. The Morgan fingerprint density at radius 2 is 1.91 bits per heavy atom. The van der Waals surface area contributed by atoms with Gasteiger partial charge in [-0.05, 0) is 31.0 Å². The van der Waals surface area contributed by atoms with Crippen molar-refractivity contribution in [1.29, 1.82) is 5.26 Å². The second-order valence-corrected chi connectivity index (χ2v) is 7.78. The molecular formula is C26H23N5O3. The molecule has 0 bridgehead atoms. The lowest BCUT2D eigenvalue weighted by molar-refractivity contribution is -0.116. The van der Waals surface area contributed by atoms with Gasteiger partial charge in [0, 0.05) is 23.8 Å². The lowest BCUT2D eigenvalue weighted by Crippen LogP contribution is -2.16. The summed E-state index contributed by atoms with van der Waals surface area (Å²) < 4.78 is 6.88. The zero-order chi connectivity index (χ0) is 24.1. The standard InChI is InChI=1S/C26H23N5O3/c1-17-14-23(29-25-20(17)10-6-12-22(25)34-2)31-26(19(15-27)16-28-31)30-24(33)13-7-11-21(32)18-8-4-3-5-9-18/h3-6,8-10,12,14,16H,7,11,13H2,1-2H3,(H,30,33). The molecule has 34 heavy (non-hydrogen) atoms. The number of ether oxygens (including phenoxy) is 1. The van der Waals surface area contributed by atoms with Crippen molar-refractivity contribution in [3.8, 4) is 17.6 Å². The highest BCUT2D eigenvalue weighted by atomic mass is 16.5. The van der Waals surface area contributed by atoms with Crippen LogP contribution in [0.5, 0.6) is 5.75 Å². The minimum absolute atomic E-state index is 0.0130. The van der Waals surface area contributed by atoms with Gasteiger partial charge in [-0.25, -0.2) is 4.98 Å². The predicted octanol–water partition coefficient (Wildman–Crippen LogP) is 4.60. The third kappa shape index (κ3) is 4.64. The Kier molecular flexibility index (Phi) is 6.64. The van der Waals surface area contributed by atoms with Gasteiger partial charge < -0.3 is 10.1 Å². The van der Waals surface area contributed by atoms with E-state index in [-0.39, 0.29) is 35.9 Å². The highest BCUT2D eigenvalue weighted by Gasteiger charge is 2.18. The summed E-state index contributed by atoms with van der Waals surface area (Å²) in [6.07, 6.45) is 2.16. The van der Waals surface area contributed by atoms with Gasteiger partial charge in [0.15, 0.2) is 17.4 Å². The van der Waals surface area contributed by atoms with Crippen molar-refractivity contribution in [2.24, 2.45) is 0 Å². The molecule has 170 valence electrons. The molecule has 0 saturated carbocycles. The van der Waals surface area contributed by atoms with Crippen LogP contribution in [0.2, 0.25) is 0 Å². The first-order valence-electron chi connectivity index (χ1n) is 10.8. The molecular weight excluding hydrogens is 430 g/mol. The molecule has 0 saturated heterocycles. The van der Waals surface area contributed by atoms with Crippen LogP contribution in [0.25, 0.3) is 16.7 Å². The van der Waals surface area contributed by atoms with Crippen LogP contribution in [0.4, 0.5) is 5.82 Å². The molecule has 0 atom stereocenters. The van der Waals surface area contributed by atoms with Gasteiger partial charge in [0.25, 0.3) is 0 Å². The molecule has 0 fully saturated rings. The van der Waals surface area contributed by atoms with E-state index in [1.54, 1.807) is 19.2 Å². The van der Waals surface area contributed by atoms with E-state index in [4.69, 9.17) is 4.74 Å². The smallest absolute Gasteiger partial charge is 0.225 e. The number of pyridine rings is 1. The van der Waals surface area contributed by atoms with Gasteiger partial charge in [0.2, 0.25) is 5.91 Å². The van der Waals surface area contributed by atoms with Gasteiger partial charge in [-0.3, -0.25) is 9.59 Å². The monoisotopic (exact) mass is 453 g/mol. The molecule has 1 amide bonds. The number of fused-ring (bicyclic) bond motifs is 1. The Morgan fingerprint density at radius 3 is 2.65 bits per heavy atom. The minimum Gasteiger partial charge on any atom is -0.494 e. The summed E-state index contributed by atoms with van der Waals surface area (Å²) in [5, 5.41) is 17.5. The normalized spacial score (nSPS) is 10.6. The predicted molar refractivity (Wildman–Crippen MR) is 128 cm³/mol. The van der Waals surface area contributed by atoms with Crippen molar-refractivity contribution < 1.29 is 14.3 Å². The number of carbonyl (C=O) groups is 2. The number of Topliss-reactive ketones (excluding diaryl/α,β-unsaturated/α-hetero) is 1. The Morgan fingerprint density at radius 1 is 1.12 bits per heavy atom. The fourth-order valence-corrected chi connectivity index (χ4v) is 3.74. The van der Waals surface area contributed by atoms with E-state index in [0.29, 0.717) is 29.1 Å². The van der Waals surface area contributed by atoms with Crippen molar-refractivity contribution in [3.05, 3.63) is 77.5 Å². The fraction of sp³-hybridized carbons (Fsp3) is 0.192. The van der Waals surface area contributed by atoms with Crippen LogP contribution >= 0.6 is 0 Å². The molecule has 0 aliphatic carbocycles. The number of nitriles is 1. The molecule has 2 aromatic heterocycles. The van der Waals surface area contributed by atoms with E-state index in [1.807, 2.05) is 49.4 Å². The van der Waals surface area contributed by atoms with Crippen LogP contribution in [0, 0.1) is 18.3 Å². The van der Waals surface area contributed by atoms with Gasteiger partial charge in [0.1, 0.15) is 22.9 Å². The van der Waals surface area contributed by atoms with E-state index in [1.165, 1.54) is 10.9 Å². The number of nitrogens with one attached hydrogen (secondary N) is 1. The number of anilines is 1. The molecule has 0 aliphatic heterocycles. The second kappa shape index (κ2) is 9.96. The number of ketones is 1. The van der Waals surface area contributed by atoms with Gasteiger partial charge >= 0.3 is 0 Å². The Hall–Kier alpha value is -4.51. The maximum atomic E-state index is 12.6. The van der Waals surface area contributed by atoms with Crippen LogP contribution < -0.4 is 10.1 Å². The summed E-state index contributed by atoms with van der Waals surface area (Å²) in [6.45, 7) is 1.95. The van der Waals surface area contributed by atoms with E-state index in [2.05, 4.69) is 21.5 Å². The topological polar surface area (TPSA) is 110 Å². The summed E-state index contributed by atoms with van der Waals surface area (Å²) in [5.41, 5.74) is 2.45. The molecule has 0 unspecified atom stereocenters. The van der Waals surface area contributed by atoms with Crippen molar-refractivity contribution in [2.45, 2.75) is 26.2 Å². The van der Waals surface area contributed by atoms with Crippen molar-refractivity contribution in [1.82, 2.24) is 14.8 Å². The van der Waals surface area contributed by atoms with Crippen LogP contribution in [0.3, 0.4) is 0 Å². The number of methoxy groups -OCH3 is 1. The number of para-hydroxylation sites is 1. The third-order valence-electron chi connectivity index (χ3n) is 5.48. The van der Waals surface area contributed by atoms with Gasteiger partial charge in [0.05, 0.1) is 13.3 Å². The average Bonchev–Trinajstić information content (AvgIpc) is 3.26. The van der Waals surface area contributed by atoms with Gasteiger partial charge in [-0.2, -0.15) is 15.0 Å². The highest BCUT2D eigenvalue weighted by Crippen LogP contribution is 2.29. The fourth-order valence-electron chi connectivity index (χ4n) is 3.74. The maximum absolute atomic E-state index is 12.6. The Bertz CT molecular complexity index is 1400. The lowest BCUT2D eigenvalue weighted by atomic mass is 10.1. The van der Waals surface area contributed by atoms with E-state index in [9.17, 15) is 14.9 Å². The number of benzene rings is 2. The first-order chi connectivity index (χ1) is 16.5. The summed E-state index contributed by atoms with van der Waals surface area (Å²) >= 11 is 0. The quantitative estimate of drug-likeness (QED) is 0.391. The number of nitrogens with zero attached hydrogens (tertiary/aromatic N) is 4. The number of rotatable bonds is 8. The maximum Gasteiger partial charge on any atom is 0.225 e. The zero-order valence-corrected chi connectivity index (χ0v) is 18.9. The first-order valence-corrected chi connectivity index (χ1v) is 10.8. The number of carbonyl (C=O) groups excluding carboxylic acids is 2. The average molecular weight is 454 g/mol. The molecule has 4 aromatic rings. The van der Waals surface area contributed by atoms with E-state index < -0.39 is 0 Å². The highest BCUT2D eigenvalue weighted by molar-refractivity contribution is 5.97. The summed E-state index contributed by atoms with van der Waals surface area (Å²) in [6, 6.07) is 18.5. The summed E-state index contributed by atoms with van der Waals surface area (Å²) in [7, 11) is 1.58. The molecule has 2 aromatic carbocycles. The van der Waals surface area contributed by atoms with Crippen molar-refractivity contribution in [2.75, 3.05) is 12.4 Å². The molecule has 0 radical (unpaired) electrons. The molecule has 0 aliphatic rings. The Balaban J connectivity index is 1.54. The molecule has 4 rings (SSSR count). The largest absolute Gasteiger partial charge is 0.494 e. The molecule has 1 N–H and O–H groups in total. The number of hydrogen-bond donors (Lipinski definition) is 1. The number of amides is 1. The number of aromatic nitrogens is 3. The first kappa shape index (κ1) is 22.7. The minimum atomic E-state index is -0.311. The lowest BCUT2D eigenvalue weighted by Gasteiger charge is -2.12. The molecule has 0 spiro atoms. The number of aryl methyl sites for hydroxylation is 1. The van der Waals surface area contributed by atoms with Crippen LogP contribution in [0.1, 0.15) is 40.7 Å². The van der Waals surface area contributed by atoms with Crippen molar-refractivity contribution in [3.63, 3.8) is 0 Å². The molecule has 2 heterocycles. The summed E-state index contributed by atoms with van der Waals surface area (Å²) in [4.78, 5) is 29.6. The van der Waals surface area contributed by atoms with Gasteiger partial charge in [-0.1, -0.05) is 42.5 Å². The van der Waals surface area contributed by atoms with E-state index >= 15 is 0 Å². The van der Waals surface area contributed by atoms with E-state index in [0.717, 1.165) is 10.9 Å². The summed E-state index contributed by atoms with van der Waals surface area (Å²) in [5.74, 6) is 0.979. The number of hydrogen-bond acceptors (Lipinski definition) is 6. The Labute approximate surface area is 196 Å². The SMILES string of the molecule is COc1cccc2c(C)cc(-n3ncc(C#N)c3NC(=O)CCCC(=O)c3ccccc3)nc12. The van der Waals surface area contributed by atoms with Crippen LogP contribution in [0.15, 0.2) is 60.8 Å². The molecule has 8 nitrogen and oxygen atoms in total. The second-order valence-electron chi connectivity index (χ2n) is 7.78. The van der Waals surface area contributed by atoms with Crippen LogP contribution in [-0.2, 0) is 4.79 Å². The van der Waals surface area contributed by atoms with Crippen LogP contribution in [-0.4, -0.2) is 33.6 Å². The zero-order valence-electron chi connectivity index (χ0n) is 18.9. The van der Waals surface area contributed by atoms with Gasteiger partial charge in [-0.15, -0.1) is 0 Å². The third-order valence-corrected chi connectivity index (χ3v) is 5.48. The van der Waals surface area contributed by atoms with Crippen molar-refractivity contribution >= 4 is 28.4 Å².